The number of amides is 1. The molecule has 0 heterocycles. The first-order valence-corrected chi connectivity index (χ1v) is 6.51. The van der Waals surface area contributed by atoms with E-state index in [0.717, 1.165) is 21.9 Å². The lowest BCUT2D eigenvalue weighted by atomic mass is 10.1. The van der Waals surface area contributed by atoms with Gasteiger partial charge in [0.05, 0.1) is 0 Å². The van der Waals surface area contributed by atoms with Crippen LogP contribution >= 0.6 is 11.8 Å². The van der Waals surface area contributed by atoms with E-state index in [1.54, 1.807) is 17.8 Å². The van der Waals surface area contributed by atoms with Crippen molar-refractivity contribution in [1.29, 1.82) is 0 Å². The first-order chi connectivity index (χ1) is 8.66. The number of primary amides is 1. The molecule has 0 saturated heterocycles. The number of anilines is 1. The molecule has 0 atom stereocenters. The summed E-state index contributed by atoms with van der Waals surface area (Å²) in [6.07, 6.45) is 0. The lowest BCUT2D eigenvalue weighted by molar-refractivity contribution is 0.1000. The van der Waals surface area contributed by atoms with Crippen molar-refractivity contribution < 1.29 is 4.79 Å². The van der Waals surface area contributed by atoms with Gasteiger partial charge in [0.1, 0.15) is 0 Å². The molecule has 2 aromatic rings. The van der Waals surface area contributed by atoms with Crippen molar-refractivity contribution in [2.45, 2.75) is 10.6 Å². The lowest BCUT2D eigenvalue weighted by Crippen LogP contribution is -2.10. The zero-order valence-electron chi connectivity index (χ0n) is 9.80. The van der Waals surface area contributed by atoms with Crippen LogP contribution in [0.15, 0.2) is 53.4 Å². The van der Waals surface area contributed by atoms with Crippen molar-refractivity contribution >= 4 is 23.4 Å². The Labute approximate surface area is 110 Å². The van der Waals surface area contributed by atoms with Gasteiger partial charge in [0.25, 0.3) is 0 Å². The molecule has 18 heavy (non-hydrogen) atoms. The Kier molecular flexibility index (Phi) is 3.89. The third-order valence-corrected chi connectivity index (χ3v) is 3.69. The van der Waals surface area contributed by atoms with Gasteiger partial charge in [-0.15, -0.1) is 11.8 Å². The monoisotopic (exact) mass is 258 g/mol. The van der Waals surface area contributed by atoms with Gasteiger partial charge >= 0.3 is 0 Å². The van der Waals surface area contributed by atoms with Gasteiger partial charge in [-0.2, -0.15) is 0 Å². The van der Waals surface area contributed by atoms with Crippen molar-refractivity contribution in [3.05, 3.63) is 59.7 Å². The summed E-state index contributed by atoms with van der Waals surface area (Å²) in [5.74, 6) is 0.357. The molecule has 4 N–H and O–H groups in total. The molecule has 0 spiro atoms. The summed E-state index contributed by atoms with van der Waals surface area (Å²) in [4.78, 5) is 12.1. The molecule has 0 aliphatic carbocycles. The standard InChI is InChI=1S/C14H14N2OS/c15-12-6-1-2-7-13(12)18-9-10-4-3-5-11(8-10)14(16)17/h1-8H,9,15H2,(H2,16,17). The largest absolute Gasteiger partial charge is 0.398 e. The SMILES string of the molecule is NC(=O)c1cccc(CSc2ccccc2N)c1. The van der Waals surface area contributed by atoms with Gasteiger partial charge in [-0.25, -0.2) is 0 Å². The number of nitrogen functional groups attached to an aromatic ring is 1. The molecule has 0 aliphatic heterocycles. The quantitative estimate of drug-likeness (QED) is 0.654. The number of rotatable bonds is 4. The van der Waals surface area contributed by atoms with Gasteiger partial charge in [0.15, 0.2) is 0 Å². The number of carbonyl (C=O) groups excluding carboxylic acids is 1. The highest BCUT2D eigenvalue weighted by molar-refractivity contribution is 7.98. The molecule has 0 bridgehead atoms. The van der Waals surface area contributed by atoms with Crippen LogP contribution in [-0.4, -0.2) is 5.91 Å². The van der Waals surface area contributed by atoms with E-state index in [1.807, 2.05) is 42.5 Å². The Morgan fingerprint density at radius 3 is 2.61 bits per heavy atom. The molecule has 92 valence electrons. The number of para-hydroxylation sites is 1. The Bertz CT molecular complexity index is 569. The Morgan fingerprint density at radius 1 is 1.11 bits per heavy atom. The number of carbonyl (C=O) groups is 1. The van der Waals surface area contributed by atoms with E-state index >= 15 is 0 Å². The van der Waals surface area contributed by atoms with Crippen LogP contribution in [0.3, 0.4) is 0 Å². The van der Waals surface area contributed by atoms with Crippen LogP contribution in [0.1, 0.15) is 15.9 Å². The normalized spacial score (nSPS) is 10.2. The number of hydrogen-bond donors (Lipinski definition) is 2. The van der Waals surface area contributed by atoms with Gasteiger partial charge in [0.2, 0.25) is 5.91 Å². The fraction of sp³-hybridized carbons (Fsp3) is 0.0714. The molecule has 3 nitrogen and oxygen atoms in total. The third-order valence-electron chi connectivity index (χ3n) is 2.52. The molecule has 2 rings (SSSR count). The summed E-state index contributed by atoms with van der Waals surface area (Å²) in [6.45, 7) is 0. The fourth-order valence-corrected chi connectivity index (χ4v) is 2.50. The average molecular weight is 258 g/mol. The van der Waals surface area contributed by atoms with Crippen molar-refractivity contribution in [3.63, 3.8) is 0 Å². The van der Waals surface area contributed by atoms with E-state index in [9.17, 15) is 4.79 Å². The minimum Gasteiger partial charge on any atom is -0.398 e. The van der Waals surface area contributed by atoms with Crippen LogP contribution in [0.2, 0.25) is 0 Å². The predicted octanol–water partition coefficient (Wildman–Crippen LogP) is 2.66. The van der Waals surface area contributed by atoms with Crippen molar-refractivity contribution in [2.24, 2.45) is 5.73 Å². The van der Waals surface area contributed by atoms with Crippen molar-refractivity contribution in [3.8, 4) is 0 Å². The van der Waals surface area contributed by atoms with Crippen LogP contribution in [0, 0.1) is 0 Å². The van der Waals surface area contributed by atoms with E-state index in [2.05, 4.69) is 0 Å². The first kappa shape index (κ1) is 12.5. The highest BCUT2D eigenvalue weighted by atomic mass is 32.2. The van der Waals surface area contributed by atoms with Crippen LogP contribution in [0.5, 0.6) is 0 Å². The minimum atomic E-state index is -0.402. The molecule has 1 amide bonds. The molecule has 0 aliphatic rings. The fourth-order valence-electron chi connectivity index (χ4n) is 1.59. The maximum absolute atomic E-state index is 11.1. The number of hydrogen-bond acceptors (Lipinski definition) is 3. The van der Waals surface area contributed by atoms with Gasteiger partial charge in [-0.1, -0.05) is 24.3 Å². The molecule has 0 aromatic heterocycles. The highest BCUT2D eigenvalue weighted by Crippen LogP contribution is 2.27. The second kappa shape index (κ2) is 5.60. The van der Waals surface area contributed by atoms with Crippen LogP contribution in [-0.2, 0) is 5.75 Å². The molecule has 0 radical (unpaired) electrons. The van der Waals surface area contributed by atoms with Gasteiger partial charge in [0, 0.05) is 21.9 Å². The number of thioether (sulfide) groups is 1. The first-order valence-electron chi connectivity index (χ1n) is 5.53. The zero-order valence-corrected chi connectivity index (χ0v) is 10.6. The predicted molar refractivity (Wildman–Crippen MR) is 75.4 cm³/mol. The van der Waals surface area contributed by atoms with Crippen molar-refractivity contribution in [1.82, 2.24) is 0 Å². The molecule has 2 aromatic carbocycles. The number of nitrogens with two attached hydrogens (primary N) is 2. The van der Waals surface area contributed by atoms with Gasteiger partial charge in [-0.3, -0.25) is 4.79 Å². The maximum atomic E-state index is 11.1. The van der Waals surface area contributed by atoms with Crippen LogP contribution in [0.25, 0.3) is 0 Å². The number of benzene rings is 2. The second-order valence-electron chi connectivity index (χ2n) is 3.89. The van der Waals surface area contributed by atoms with E-state index in [0.29, 0.717) is 5.56 Å². The van der Waals surface area contributed by atoms with E-state index in [4.69, 9.17) is 11.5 Å². The van der Waals surface area contributed by atoms with E-state index in [1.165, 1.54) is 0 Å². The Balaban J connectivity index is 2.09. The van der Waals surface area contributed by atoms with Crippen LogP contribution < -0.4 is 11.5 Å². The maximum Gasteiger partial charge on any atom is 0.248 e. The lowest BCUT2D eigenvalue weighted by Gasteiger charge is -2.05. The van der Waals surface area contributed by atoms with E-state index < -0.39 is 5.91 Å². The second-order valence-corrected chi connectivity index (χ2v) is 4.91. The van der Waals surface area contributed by atoms with Gasteiger partial charge in [-0.05, 0) is 29.8 Å². The van der Waals surface area contributed by atoms with Gasteiger partial charge < -0.3 is 11.5 Å². The summed E-state index contributed by atoms with van der Waals surface area (Å²) in [6, 6.07) is 15.1. The Hall–Kier alpha value is -1.94. The molecule has 0 unspecified atom stereocenters. The van der Waals surface area contributed by atoms with Crippen molar-refractivity contribution in [2.75, 3.05) is 5.73 Å². The molecular weight excluding hydrogens is 244 g/mol. The summed E-state index contributed by atoms with van der Waals surface area (Å²) >= 11 is 1.64. The summed E-state index contributed by atoms with van der Waals surface area (Å²) in [5.41, 5.74) is 13.5. The average Bonchev–Trinajstić information content (AvgIpc) is 2.38. The summed E-state index contributed by atoms with van der Waals surface area (Å²) < 4.78 is 0. The minimum absolute atomic E-state index is 0.402. The summed E-state index contributed by atoms with van der Waals surface area (Å²) in [7, 11) is 0. The molecule has 0 saturated carbocycles. The smallest absolute Gasteiger partial charge is 0.248 e. The highest BCUT2D eigenvalue weighted by Gasteiger charge is 2.03. The molecule has 0 fully saturated rings. The molecule has 4 heteroatoms. The zero-order chi connectivity index (χ0) is 13.0. The third kappa shape index (κ3) is 3.05. The topological polar surface area (TPSA) is 69.1 Å². The van der Waals surface area contributed by atoms with E-state index in [-0.39, 0.29) is 0 Å². The molecular formula is C14H14N2OS. The Morgan fingerprint density at radius 2 is 1.89 bits per heavy atom. The van der Waals surface area contributed by atoms with Crippen LogP contribution in [0.4, 0.5) is 5.69 Å². The summed E-state index contributed by atoms with van der Waals surface area (Å²) in [5, 5.41) is 0.